The van der Waals surface area contributed by atoms with Crippen LogP contribution in [0.1, 0.15) is 39.2 Å². The maximum Gasteiger partial charge on any atom is 0.228 e. The van der Waals surface area contributed by atoms with Crippen molar-refractivity contribution in [3.05, 3.63) is 35.9 Å². The highest BCUT2D eigenvalue weighted by molar-refractivity contribution is 5.89. The SMILES string of the molecule is CC(C)(C)C(=O)N1CCCN(C(=O)C2CC(=O)N(Cc3ccccc3)C2)CC1. The fourth-order valence-corrected chi connectivity index (χ4v) is 3.97. The maximum absolute atomic E-state index is 13.0. The van der Waals surface area contributed by atoms with E-state index in [2.05, 4.69) is 0 Å². The highest BCUT2D eigenvalue weighted by Crippen LogP contribution is 2.24. The monoisotopic (exact) mass is 385 g/mol. The van der Waals surface area contributed by atoms with Crippen LogP contribution in [0.5, 0.6) is 0 Å². The van der Waals surface area contributed by atoms with E-state index in [1.807, 2.05) is 60.9 Å². The lowest BCUT2D eigenvalue weighted by molar-refractivity contribution is -0.140. The molecule has 0 spiro atoms. The topological polar surface area (TPSA) is 60.9 Å². The lowest BCUT2D eigenvalue weighted by Crippen LogP contribution is -2.43. The molecular weight excluding hydrogens is 354 g/mol. The van der Waals surface area contributed by atoms with Gasteiger partial charge in [-0.15, -0.1) is 0 Å². The Bertz CT molecular complexity index is 726. The van der Waals surface area contributed by atoms with Crippen molar-refractivity contribution in [2.24, 2.45) is 11.3 Å². The van der Waals surface area contributed by atoms with Crippen LogP contribution < -0.4 is 0 Å². The summed E-state index contributed by atoms with van der Waals surface area (Å²) in [6.07, 6.45) is 1.06. The molecule has 0 aliphatic carbocycles. The number of nitrogens with zero attached hydrogens (tertiary/aromatic N) is 3. The molecule has 1 atom stereocenters. The van der Waals surface area contributed by atoms with Gasteiger partial charge in [0.05, 0.1) is 5.92 Å². The van der Waals surface area contributed by atoms with Crippen molar-refractivity contribution in [3.63, 3.8) is 0 Å². The highest BCUT2D eigenvalue weighted by atomic mass is 16.2. The Morgan fingerprint density at radius 3 is 2.32 bits per heavy atom. The number of hydrogen-bond donors (Lipinski definition) is 0. The Morgan fingerprint density at radius 1 is 1.00 bits per heavy atom. The van der Waals surface area contributed by atoms with E-state index in [9.17, 15) is 14.4 Å². The van der Waals surface area contributed by atoms with Crippen LogP contribution in [0.25, 0.3) is 0 Å². The summed E-state index contributed by atoms with van der Waals surface area (Å²) in [7, 11) is 0. The summed E-state index contributed by atoms with van der Waals surface area (Å²) < 4.78 is 0. The zero-order chi connectivity index (χ0) is 20.3. The summed E-state index contributed by atoms with van der Waals surface area (Å²) in [6.45, 7) is 9.25. The number of benzene rings is 1. The number of hydrogen-bond acceptors (Lipinski definition) is 3. The molecule has 1 unspecified atom stereocenters. The number of carbonyl (C=O) groups is 3. The average molecular weight is 386 g/mol. The second-order valence-electron chi connectivity index (χ2n) is 8.88. The van der Waals surface area contributed by atoms with E-state index in [0.717, 1.165) is 12.0 Å². The quantitative estimate of drug-likeness (QED) is 0.801. The van der Waals surface area contributed by atoms with Gasteiger partial charge < -0.3 is 14.7 Å². The van der Waals surface area contributed by atoms with E-state index in [1.165, 1.54) is 0 Å². The van der Waals surface area contributed by atoms with Gasteiger partial charge in [-0.2, -0.15) is 0 Å². The van der Waals surface area contributed by atoms with Gasteiger partial charge in [0, 0.05) is 51.1 Å². The fraction of sp³-hybridized carbons (Fsp3) is 0.591. The van der Waals surface area contributed by atoms with Crippen LogP contribution in [-0.4, -0.2) is 65.1 Å². The summed E-state index contributed by atoms with van der Waals surface area (Å²) in [6, 6.07) is 9.87. The van der Waals surface area contributed by atoms with Gasteiger partial charge >= 0.3 is 0 Å². The molecule has 0 aromatic heterocycles. The smallest absolute Gasteiger partial charge is 0.228 e. The fourth-order valence-electron chi connectivity index (χ4n) is 3.97. The van der Waals surface area contributed by atoms with E-state index in [1.54, 1.807) is 4.90 Å². The summed E-state index contributed by atoms with van der Waals surface area (Å²) in [4.78, 5) is 43.4. The van der Waals surface area contributed by atoms with Crippen molar-refractivity contribution in [1.29, 1.82) is 0 Å². The van der Waals surface area contributed by atoms with E-state index < -0.39 is 5.41 Å². The Labute approximate surface area is 167 Å². The van der Waals surface area contributed by atoms with Gasteiger partial charge in [0.2, 0.25) is 17.7 Å². The molecule has 6 heteroatoms. The first-order valence-electron chi connectivity index (χ1n) is 10.2. The average Bonchev–Trinajstić information content (AvgIpc) is 2.87. The maximum atomic E-state index is 13.0. The molecule has 2 fully saturated rings. The van der Waals surface area contributed by atoms with Crippen molar-refractivity contribution >= 4 is 17.7 Å². The zero-order valence-corrected chi connectivity index (χ0v) is 17.2. The van der Waals surface area contributed by atoms with Crippen LogP contribution >= 0.6 is 0 Å². The molecule has 2 heterocycles. The predicted octanol–water partition coefficient (Wildman–Crippen LogP) is 2.14. The molecule has 0 radical (unpaired) electrons. The van der Waals surface area contributed by atoms with Crippen molar-refractivity contribution in [1.82, 2.24) is 14.7 Å². The first-order valence-corrected chi connectivity index (χ1v) is 10.2. The first-order chi connectivity index (χ1) is 13.3. The molecule has 28 heavy (non-hydrogen) atoms. The molecule has 2 aliphatic heterocycles. The van der Waals surface area contributed by atoms with Crippen LogP contribution in [0.3, 0.4) is 0 Å². The summed E-state index contributed by atoms with van der Waals surface area (Å²) in [5.74, 6) is -0.0523. The predicted molar refractivity (Wildman–Crippen MR) is 107 cm³/mol. The minimum Gasteiger partial charge on any atom is -0.341 e. The molecule has 3 amide bonds. The third-order valence-corrected chi connectivity index (χ3v) is 5.52. The number of rotatable bonds is 3. The summed E-state index contributed by atoms with van der Waals surface area (Å²) in [5.41, 5.74) is 0.671. The molecule has 2 saturated heterocycles. The van der Waals surface area contributed by atoms with Crippen molar-refractivity contribution in [2.45, 2.75) is 40.2 Å². The van der Waals surface area contributed by atoms with Crippen LogP contribution in [0.2, 0.25) is 0 Å². The third kappa shape index (κ3) is 4.72. The molecule has 0 saturated carbocycles. The lowest BCUT2D eigenvalue weighted by atomic mass is 9.94. The molecule has 152 valence electrons. The molecule has 3 rings (SSSR count). The lowest BCUT2D eigenvalue weighted by Gasteiger charge is -2.28. The molecule has 2 aliphatic rings. The highest BCUT2D eigenvalue weighted by Gasteiger charge is 2.37. The normalized spacial score (nSPS) is 21.0. The number of carbonyl (C=O) groups excluding carboxylic acids is 3. The van der Waals surface area contributed by atoms with Gasteiger partial charge in [0.15, 0.2) is 0 Å². The van der Waals surface area contributed by atoms with Crippen LogP contribution in [0, 0.1) is 11.3 Å². The minimum absolute atomic E-state index is 0.0431. The standard InChI is InChI=1S/C22H31N3O3/c1-22(2,3)21(28)24-11-7-10-23(12-13-24)20(27)18-14-19(26)25(16-18)15-17-8-5-4-6-9-17/h4-6,8-9,18H,7,10-16H2,1-3H3. The van der Waals surface area contributed by atoms with Gasteiger partial charge in [0.25, 0.3) is 0 Å². The largest absolute Gasteiger partial charge is 0.341 e. The summed E-state index contributed by atoms with van der Waals surface area (Å²) in [5, 5.41) is 0. The Balaban J connectivity index is 1.57. The molecular formula is C22H31N3O3. The van der Waals surface area contributed by atoms with Crippen molar-refractivity contribution in [2.75, 3.05) is 32.7 Å². The van der Waals surface area contributed by atoms with Crippen LogP contribution in [-0.2, 0) is 20.9 Å². The van der Waals surface area contributed by atoms with Crippen LogP contribution in [0.4, 0.5) is 0 Å². The third-order valence-electron chi connectivity index (χ3n) is 5.52. The second kappa shape index (κ2) is 8.33. The minimum atomic E-state index is -0.408. The van der Waals surface area contributed by atoms with Gasteiger partial charge in [-0.05, 0) is 12.0 Å². The van der Waals surface area contributed by atoms with E-state index in [4.69, 9.17) is 0 Å². The van der Waals surface area contributed by atoms with E-state index in [-0.39, 0.29) is 30.1 Å². The molecule has 1 aromatic carbocycles. The van der Waals surface area contributed by atoms with E-state index >= 15 is 0 Å². The summed E-state index contributed by atoms with van der Waals surface area (Å²) >= 11 is 0. The van der Waals surface area contributed by atoms with Crippen molar-refractivity contribution < 1.29 is 14.4 Å². The Kier molecular flexibility index (Phi) is 6.06. The number of amides is 3. The zero-order valence-electron chi connectivity index (χ0n) is 17.2. The molecule has 6 nitrogen and oxygen atoms in total. The molecule has 0 N–H and O–H groups in total. The number of likely N-dealkylation sites (tertiary alicyclic amines) is 1. The Hall–Kier alpha value is -2.37. The molecule has 1 aromatic rings. The van der Waals surface area contributed by atoms with Crippen LogP contribution in [0.15, 0.2) is 30.3 Å². The Morgan fingerprint density at radius 2 is 1.64 bits per heavy atom. The van der Waals surface area contributed by atoms with Gasteiger partial charge in [-0.3, -0.25) is 14.4 Å². The first kappa shape index (κ1) is 20.4. The van der Waals surface area contributed by atoms with Gasteiger partial charge in [-0.25, -0.2) is 0 Å². The van der Waals surface area contributed by atoms with Crippen molar-refractivity contribution in [3.8, 4) is 0 Å². The molecule has 0 bridgehead atoms. The van der Waals surface area contributed by atoms with Gasteiger partial charge in [-0.1, -0.05) is 51.1 Å². The second-order valence-corrected chi connectivity index (χ2v) is 8.88. The van der Waals surface area contributed by atoms with E-state index in [0.29, 0.717) is 39.3 Å². The van der Waals surface area contributed by atoms with Gasteiger partial charge in [0.1, 0.15) is 0 Å².